The molecule has 0 unspecified atom stereocenters. The number of carbonyl (C=O) groups is 1. The molecule has 0 aromatic heterocycles. The zero-order valence-corrected chi connectivity index (χ0v) is 7.40. The van der Waals surface area contributed by atoms with Gasteiger partial charge in [-0.2, -0.15) is 0 Å². The van der Waals surface area contributed by atoms with E-state index >= 15 is 0 Å². The van der Waals surface area contributed by atoms with Crippen molar-refractivity contribution in [1.82, 2.24) is 0 Å². The van der Waals surface area contributed by atoms with Crippen molar-refractivity contribution in [2.45, 2.75) is 6.92 Å². The molecule has 0 aliphatic carbocycles. The van der Waals surface area contributed by atoms with E-state index in [2.05, 4.69) is 0 Å². The molecule has 1 N–H and O–H groups in total. The number of methoxy groups -OCH3 is 1. The van der Waals surface area contributed by atoms with Crippen LogP contribution in [-0.4, -0.2) is 18.2 Å². The van der Waals surface area contributed by atoms with Crippen molar-refractivity contribution in [1.29, 1.82) is 0 Å². The van der Waals surface area contributed by atoms with Crippen LogP contribution in [-0.2, 0) is 4.79 Å². The Bertz CT molecular complexity index is 319. The number of rotatable bonds is 2. The lowest BCUT2D eigenvalue weighted by atomic mass is 10.3. The predicted molar refractivity (Wildman–Crippen MR) is 46.0 cm³/mol. The molecule has 0 saturated carbocycles. The van der Waals surface area contributed by atoms with E-state index in [1.54, 1.807) is 12.1 Å². The quantitative estimate of drug-likeness (QED) is 0.553. The fourth-order valence-electron chi connectivity index (χ4n) is 0.911. The van der Waals surface area contributed by atoms with Crippen LogP contribution in [0, 0.1) is 0 Å². The fourth-order valence-corrected chi connectivity index (χ4v) is 0.911. The number of hydrogen-bond donors (Lipinski definition) is 1. The molecule has 1 rings (SSSR count). The summed E-state index contributed by atoms with van der Waals surface area (Å²) in [4.78, 5) is 10.6. The highest BCUT2D eigenvalue weighted by molar-refractivity contribution is 5.71. The van der Waals surface area contributed by atoms with Gasteiger partial charge in [0.25, 0.3) is 0 Å². The Kier molecular flexibility index (Phi) is 2.74. The lowest BCUT2D eigenvalue weighted by Gasteiger charge is -2.08. The van der Waals surface area contributed by atoms with Crippen LogP contribution in [0.2, 0.25) is 0 Å². The van der Waals surface area contributed by atoms with Gasteiger partial charge in [-0.3, -0.25) is 4.79 Å². The highest BCUT2D eigenvalue weighted by atomic mass is 16.6. The van der Waals surface area contributed by atoms with E-state index in [0.29, 0.717) is 5.75 Å². The summed E-state index contributed by atoms with van der Waals surface area (Å²) in [5, 5.41) is 9.31. The Morgan fingerprint density at radius 2 is 2.15 bits per heavy atom. The van der Waals surface area contributed by atoms with Crippen LogP contribution >= 0.6 is 0 Å². The summed E-state index contributed by atoms with van der Waals surface area (Å²) in [6, 6.07) is 4.61. The first-order chi connectivity index (χ1) is 6.15. The highest BCUT2D eigenvalue weighted by Gasteiger charge is 2.11. The first-order valence-electron chi connectivity index (χ1n) is 3.69. The topological polar surface area (TPSA) is 55.8 Å². The van der Waals surface area contributed by atoms with Crippen LogP contribution in [0.4, 0.5) is 0 Å². The fraction of sp³-hybridized carbons (Fsp3) is 0.222. The van der Waals surface area contributed by atoms with E-state index in [1.165, 1.54) is 20.1 Å². The Morgan fingerprint density at radius 1 is 1.46 bits per heavy atom. The molecule has 4 heteroatoms. The number of phenols is 1. The largest absolute Gasteiger partial charge is 0.504 e. The highest BCUT2D eigenvalue weighted by Crippen LogP contribution is 2.35. The number of esters is 1. The van der Waals surface area contributed by atoms with E-state index in [0.717, 1.165) is 0 Å². The molecule has 1 aromatic rings. The van der Waals surface area contributed by atoms with Crippen LogP contribution in [0.3, 0.4) is 0 Å². The first kappa shape index (κ1) is 9.38. The van der Waals surface area contributed by atoms with Crippen molar-refractivity contribution in [3.8, 4) is 17.2 Å². The second kappa shape index (κ2) is 3.80. The first-order valence-corrected chi connectivity index (χ1v) is 3.69. The number of carbonyl (C=O) groups excluding carboxylic acids is 1. The molecule has 0 spiro atoms. The van der Waals surface area contributed by atoms with Crippen molar-refractivity contribution in [3.05, 3.63) is 18.2 Å². The molecule has 0 amide bonds. The van der Waals surface area contributed by atoms with Gasteiger partial charge in [0.05, 0.1) is 7.11 Å². The Morgan fingerprint density at radius 3 is 2.69 bits per heavy atom. The number of hydrogen-bond acceptors (Lipinski definition) is 4. The van der Waals surface area contributed by atoms with Gasteiger partial charge in [-0.05, 0) is 12.1 Å². The van der Waals surface area contributed by atoms with Gasteiger partial charge >= 0.3 is 5.97 Å². The van der Waals surface area contributed by atoms with Gasteiger partial charge in [-0.25, -0.2) is 0 Å². The molecule has 13 heavy (non-hydrogen) atoms. The molecular formula is C9H10O4. The van der Waals surface area contributed by atoms with Gasteiger partial charge in [0.1, 0.15) is 0 Å². The van der Waals surface area contributed by atoms with Crippen LogP contribution < -0.4 is 9.47 Å². The molecule has 0 heterocycles. The van der Waals surface area contributed by atoms with Crippen molar-refractivity contribution >= 4 is 5.97 Å². The predicted octanol–water partition coefficient (Wildman–Crippen LogP) is 1.33. The maximum Gasteiger partial charge on any atom is 0.308 e. The molecule has 0 aliphatic heterocycles. The maximum absolute atomic E-state index is 10.6. The average molecular weight is 182 g/mol. The number of ether oxygens (including phenoxy) is 2. The summed E-state index contributed by atoms with van der Waals surface area (Å²) < 4.78 is 9.64. The second-order valence-corrected chi connectivity index (χ2v) is 2.40. The number of aromatic hydroxyl groups is 1. The SMILES string of the molecule is COc1cccc(O)c1OC(C)=O. The Labute approximate surface area is 75.7 Å². The van der Waals surface area contributed by atoms with E-state index < -0.39 is 5.97 Å². The van der Waals surface area contributed by atoms with E-state index in [4.69, 9.17) is 9.47 Å². The van der Waals surface area contributed by atoms with E-state index in [9.17, 15) is 9.90 Å². The number of para-hydroxylation sites is 1. The van der Waals surface area contributed by atoms with Gasteiger partial charge in [-0.15, -0.1) is 0 Å². The smallest absolute Gasteiger partial charge is 0.308 e. The molecule has 0 aliphatic rings. The minimum Gasteiger partial charge on any atom is -0.504 e. The molecule has 1 aromatic carbocycles. The summed E-state index contributed by atoms with van der Waals surface area (Å²) in [6.07, 6.45) is 0. The molecule has 70 valence electrons. The zero-order valence-electron chi connectivity index (χ0n) is 7.40. The van der Waals surface area contributed by atoms with Crippen LogP contribution in [0.25, 0.3) is 0 Å². The monoisotopic (exact) mass is 182 g/mol. The molecule has 4 nitrogen and oxygen atoms in total. The van der Waals surface area contributed by atoms with Crippen LogP contribution in [0.5, 0.6) is 17.2 Å². The molecule has 0 radical (unpaired) electrons. The second-order valence-electron chi connectivity index (χ2n) is 2.40. The Hall–Kier alpha value is -1.71. The summed E-state index contributed by atoms with van der Waals surface area (Å²) in [5.41, 5.74) is 0. The minimum absolute atomic E-state index is 0.0532. The van der Waals surface area contributed by atoms with Gasteiger partial charge in [0, 0.05) is 6.92 Å². The van der Waals surface area contributed by atoms with Crippen molar-refractivity contribution in [2.24, 2.45) is 0 Å². The molecular weight excluding hydrogens is 172 g/mol. The van der Waals surface area contributed by atoms with E-state index in [-0.39, 0.29) is 11.5 Å². The third-order valence-electron chi connectivity index (χ3n) is 1.42. The van der Waals surface area contributed by atoms with Gasteiger partial charge in [-0.1, -0.05) is 6.07 Å². The number of benzene rings is 1. The van der Waals surface area contributed by atoms with Crippen molar-refractivity contribution in [2.75, 3.05) is 7.11 Å². The number of phenolic OH excluding ortho intramolecular Hbond substituents is 1. The standard InChI is InChI=1S/C9H10O4/c1-6(10)13-9-7(11)4-3-5-8(9)12-2/h3-5,11H,1-2H3. The van der Waals surface area contributed by atoms with Gasteiger partial charge in [0.15, 0.2) is 11.5 Å². The third-order valence-corrected chi connectivity index (χ3v) is 1.42. The minimum atomic E-state index is -0.500. The van der Waals surface area contributed by atoms with Crippen molar-refractivity contribution in [3.63, 3.8) is 0 Å². The zero-order chi connectivity index (χ0) is 9.84. The molecule has 0 saturated heterocycles. The summed E-state index contributed by atoms with van der Waals surface area (Å²) in [5.74, 6) is -0.234. The Balaban J connectivity index is 3.07. The van der Waals surface area contributed by atoms with Gasteiger partial charge in [0.2, 0.25) is 5.75 Å². The summed E-state index contributed by atoms with van der Waals surface area (Å²) >= 11 is 0. The van der Waals surface area contributed by atoms with Crippen LogP contribution in [0.1, 0.15) is 6.92 Å². The summed E-state index contributed by atoms with van der Waals surface area (Å²) in [6.45, 7) is 1.26. The van der Waals surface area contributed by atoms with Crippen molar-refractivity contribution < 1.29 is 19.4 Å². The maximum atomic E-state index is 10.6. The third kappa shape index (κ3) is 2.11. The molecule has 0 fully saturated rings. The molecule has 0 bridgehead atoms. The normalized spacial score (nSPS) is 9.38. The van der Waals surface area contributed by atoms with Gasteiger partial charge < -0.3 is 14.6 Å². The van der Waals surface area contributed by atoms with Crippen LogP contribution in [0.15, 0.2) is 18.2 Å². The lowest BCUT2D eigenvalue weighted by Crippen LogP contribution is -2.03. The summed E-state index contributed by atoms with van der Waals surface area (Å²) in [7, 11) is 1.43. The lowest BCUT2D eigenvalue weighted by molar-refractivity contribution is -0.132. The molecule has 0 atom stereocenters. The average Bonchev–Trinajstić information content (AvgIpc) is 2.08. The van der Waals surface area contributed by atoms with E-state index in [1.807, 2.05) is 0 Å².